The van der Waals surface area contributed by atoms with Crippen LogP contribution in [0.1, 0.15) is 62.4 Å². The first kappa shape index (κ1) is 21.0. The van der Waals surface area contributed by atoms with Gasteiger partial charge in [-0.05, 0) is 50.5 Å². The van der Waals surface area contributed by atoms with Crippen LogP contribution < -0.4 is 10.2 Å². The number of nitrogens with zero attached hydrogens (tertiary/aromatic N) is 4. The van der Waals surface area contributed by atoms with Crippen LogP contribution in [0.4, 0.5) is 10.8 Å². The maximum absolute atomic E-state index is 12.5. The van der Waals surface area contributed by atoms with E-state index >= 15 is 0 Å². The Hall–Kier alpha value is -2.72. The molecule has 0 unspecified atom stereocenters. The van der Waals surface area contributed by atoms with Gasteiger partial charge in [-0.15, -0.1) is 10.2 Å². The van der Waals surface area contributed by atoms with E-state index in [-0.39, 0.29) is 5.57 Å². The van der Waals surface area contributed by atoms with Crippen molar-refractivity contribution in [2.45, 2.75) is 51.9 Å². The Balaban J connectivity index is 1.67. The molecule has 2 aromatic rings. The standard InChI is InChI=1S/C22H27N5OS/c1-3-27(4-2)19-12-10-16(11-13-19)14-18(15-23)20(28)24-22-26-25-21(29-22)17-8-6-5-7-9-17/h10-14,17H,3-9H2,1-2H3,(H,24,26,28)/b18-14-. The highest BCUT2D eigenvalue weighted by molar-refractivity contribution is 7.15. The van der Waals surface area contributed by atoms with Gasteiger partial charge in [-0.2, -0.15) is 5.26 Å². The molecular formula is C22H27N5OS. The van der Waals surface area contributed by atoms with Gasteiger partial charge in [0, 0.05) is 24.7 Å². The van der Waals surface area contributed by atoms with Crippen molar-refractivity contribution in [2.75, 3.05) is 23.3 Å². The lowest BCUT2D eigenvalue weighted by Gasteiger charge is -2.20. The van der Waals surface area contributed by atoms with Crippen LogP contribution >= 0.6 is 11.3 Å². The van der Waals surface area contributed by atoms with E-state index < -0.39 is 5.91 Å². The third kappa shape index (κ3) is 5.42. The Bertz CT molecular complexity index is 887. The fraction of sp³-hybridized carbons (Fsp3) is 0.455. The summed E-state index contributed by atoms with van der Waals surface area (Å²) in [7, 11) is 0. The summed E-state index contributed by atoms with van der Waals surface area (Å²) in [6.07, 6.45) is 7.60. The molecule has 0 saturated heterocycles. The lowest BCUT2D eigenvalue weighted by atomic mass is 9.90. The fourth-order valence-electron chi connectivity index (χ4n) is 3.65. The molecule has 1 fully saturated rings. The summed E-state index contributed by atoms with van der Waals surface area (Å²) < 4.78 is 0. The average Bonchev–Trinajstić information content (AvgIpc) is 3.23. The Kier molecular flexibility index (Phi) is 7.36. The molecule has 6 nitrogen and oxygen atoms in total. The van der Waals surface area contributed by atoms with Crippen LogP contribution in [0.3, 0.4) is 0 Å². The average molecular weight is 410 g/mol. The highest BCUT2D eigenvalue weighted by atomic mass is 32.1. The summed E-state index contributed by atoms with van der Waals surface area (Å²) in [6.45, 7) is 6.09. The monoisotopic (exact) mass is 409 g/mol. The molecule has 1 aliphatic rings. The third-order valence-electron chi connectivity index (χ3n) is 5.31. The van der Waals surface area contributed by atoms with Crippen molar-refractivity contribution in [3.63, 3.8) is 0 Å². The first-order valence-corrected chi connectivity index (χ1v) is 11.1. The predicted molar refractivity (Wildman–Crippen MR) is 118 cm³/mol. The molecule has 152 valence electrons. The number of hydrogen-bond acceptors (Lipinski definition) is 6. The van der Waals surface area contributed by atoms with Crippen molar-refractivity contribution in [3.8, 4) is 6.07 Å². The fourth-order valence-corrected chi connectivity index (χ4v) is 4.56. The van der Waals surface area contributed by atoms with Crippen molar-refractivity contribution in [1.29, 1.82) is 5.26 Å². The second-order valence-corrected chi connectivity index (χ2v) is 8.18. The number of rotatable bonds is 7. The van der Waals surface area contributed by atoms with Crippen LogP contribution in [0.5, 0.6) is 0 Å². The molecule has 1 amide bonds. The molecule has 1 aliphatic carbocycles. The van der Waals surface area contributed by atoms with Gasteiger partial charge in [0.15, 0.2) is 0 Å². The maximum atomic E-state index is 12.5. The minimum Gasteiger partial charge on any atom is -0.372 e. The van der Waals surface area contributed by atoms with E-state index in [1.807, 2.05) is 30.3 Å². The summed E-state index contributed by atoms with van der Waals surface area (Å²) >= 11 is 1.42. The first-order chi connectivity index (χ1) is 14.1. The van der Waals surface area contributed by atoms with Gasteiger partial charge in [0.1, 0.15) is 16.6 Å². The minimum atomic E-state index is -0.452. The molecule has 0 atom stereocenters. The maximum Gasteiger partial charge on any atom is 0.268 e. The molecule has 1 heterocycles. The summed E-state index contributed by atoms with van der Waals surface area (Å²) in [5.41, 5.74) is 1.99. The molecule has 1 saturated carbocycles. The number of anilines is 2. The lowest BCUT2D eigenvalue weighted by molar-refractivity contribution is -0.112. The molecule has 1 N–H and O–H groups in total. The van der Waals surface area contributed by atoms with Crippen LogP contribution in [-0.4, -0.2) is 29.2 Å². The number of benzene rings is 1. The summed E-state index contributed by atoms with van der Waals surface area (Å²) in [5, 5.41) is 22.0. The lowest BCUT2D eigenvalue weighted by Crippen LogP contribution is -2.21. The van der Waals surface area contributed by atoms with Crippen LogP contribution in [0.25, 0.3) is 6.08 Å². The number of hydrogen-bond donors (Lipinski definition) is 1. The minimum absolute atomic E-state index is 0.0509. The number of nitriles is 1. The molecular weight excluding hydrogens is 382 g/mol. The molecule has 0 radical (unpaired) electrons. The molecule has 1 aromatic heterocycles. The van der Waals surface area contributed by atoms with E-state index in [9.17, 15) is 10.1 Å². The molecule has 0 aliphatic heterocycles. The van der Waals surface area contributed by atoms with Gasteiger partial charge in [0.05, 0.1) is 0 Å². The molecule has 29 heavy (non-hydrogen) atoms. The van der Waals surface area contributed by atoms with Crippen molar-refractivity contribution >= 4 is 34.1 Å². The van der Waals surface area contributed by atoms with Gasteiger partial charge < -0.3 is 4.90 Å². The zero-order valence-corrected chi connectivity index (χ0v) is 17.8. The predicted octanol–water partition coefficient (Wildman–Crippen LogP) is 4.98. The summed E-state index contributed by atoms with van der Waals surface area (Å²) in [4.78, 5) is 14.8. The SMILES string of the molecule is CCN(CC)c1ccc(/C=C(/C#N)C(=O)Nc2nnc(C3CCCCC3)s2)cc1. The van der Waals surface area contributed by atoms with Crippen LogP contribution in [0, 0.1) is 11.3 Å². The van der Waals surface area contributed by atoms with Gasteiger partial charge in [0.25, 0.3) is 5.91 Å². The van der Waals surface area contributed by atoms with E-state index in [4.69, 9.17) is 0 Å². The summed E-state index contributed by atoms with van der Waals surface area (Å²) in [6, 6.07) is 9.85. The van der Waals surface area contributed by atoms with Crippen LogP contribution in [0.2, 0.25) is 0 Å². The second kappa shape index (κ2) is 10.2. The van der Waals surface area contributed by atoms with E-state index in [2.05, 4.69) is 34.3 Å². The Morgan fingerprint density at radius 2 is 1.90 bits per heavy atom. The van der Waals surface area contributed by atoms with Gasteiger partial charge in [-0.25, -0.2) is 0 Å². The van der Waals surface area contributed by atoms with Crippen molar-refractivity contribution in [2.24, 2.45) is 0 Å². The second-order valence-electron chi connectivity index (χ2n) is 7.17. The van der Waals surface area contributed by atoms with Crippen LogP contribution in [0.15, 0.2) is 29.8 Å². The molecule has 1 aromatic carbocycles. The van der Waals surface area contributed by atoms with Crippen molar-refractivity contribution < 1.29 is 4.79 Å². The smallest absolute Gasteiger partial charge is 0.268 e. The van der Waals surface area contributed by atoms with Gasteiger partial charge in [-0.1, -0.05) is 42.7 Å². The number of amides is 1. The number of carbonyl (C=O) groups excluding carboxylic acids is 1. The number of carbonyl (C=O) groups is 1. The normalized spacial score (nSPS) is 15.0. The molecule has 3 rings (SSSR count). The number of nitrogens with one attached hydrogen (secondary N) is 1. The van der Waals surface area contributed by atoms with E-state index in [1.54, 1.807) is 6.08 Å². The van der Waals surface area contributed by atoms with Crippen molar-refractivity contribution in [3.05, 3.63) is 40.4 Å². The van der Waals surface area contributed by atoms with Gasteiger partial charge in [-0.3, -0.25) is 10.1 Å². The topological polar surface area (TPSA) is 81.9 Å². The number of aromatic nitrogens is 2. The summed E-state index contributed by atoms with van der Waals surface area (Å²) in [5.74, 6) is -0.00568. The Morgan fingerprint density at radius 3 is 2.52 bits per heavy atom. The zero-order chi connectivity index (χ0) is 20.6. The zero-order valence-electron chi connectivity index (χ0n) is 17.0. The van der Waals surface area contributed by atoms with Crippen molar-refractivity contribution in [1.82, 2.24) is 10.2 Å². The first-order valence-electron chi connectivity index (χ1n) is 10.3. The van der Waals surface area contributed by atoms with Gasteiger partial charge >= 0.3 is 0 Å². The highest BCUT2D eigenvalue weighted by Gasteiger charge is 2.20. The third-order valence-corrected chi connectivity index (χ3v) is 6.31. The van der Waals surface area contributed by atoms with E-state index in [0.29, 0.717) is 11.0 Å². The van der Waals surface area contributed by atoms with E-state index in [1.165, 1.54) is 30.6 Å². The highest BCUT2D eigenvalue weighted by Crippen LogP contribution is 2.35. The largest absolute Gasteiger partial charge is 0.372 e. The van der Waals surface area contributed by atoms with Crippen LogP contribution in [-0.2, 0) is 4.79 Å². The molecule has 0 bridgehead atoms. The van der Waals surface area contributed by atoms with Gasteiger partial charge in [0.2, 0.25) is 5.13 Å². The Morgan fingerprint density at radius 1 is 1.21 bits per heavy atom. The Labute approximate surface area is 176 Å². The van der Waals surface area contributed by atoms with E-state index in [0.717, 1.165) is 42.2 Å². The molecule has 7 heteroatoms. The molecule has 0 spiro atoms. The quantitative estimate of drug-likeness (QED) is 0.515.